The van der Waals surface area contributed by atoms with E-state index < -0.39 is 0 Å². The molecule has 0 aromatic heterocycles. The Morgan fingerprint density at radius 2 is 2.45 bits per heavy atom. The van der Waals surface area contributed by atoms with E-state index in [2.05, 4.69) is 5.32 Å². The first-order chi connectivity index (χ1) is 5.29. The molecule has 62 valence electrons. The molecule has 0 bridgehead atoms. The van der Waals surface area contributed by atoms with E-state index in [9.17, 15) is 4.79 Å². The number of nitrogens with one attached hydrogen (secondary N) is 1. The van der Waals surface area contributed by atoms with Gasteiger partial charge in [-0.1, -0.05) is 0 Å². The van der Waals surface area contributed by atoms with Gasteiger partial charge >= 0.3 is 5.97 Å². The number of carbonyl (C=O) groups excluding carboxylic acids is 1. The first kappa shape index (κ1) is 7.10. The molecule has 0 aromatic carbocycles. The molecule has 2 fully saturated rings. The number of ether oxygens (including phenoxy) is 1. The van der Waals surface area contributed by atoms with Gasteiger partial charge < -0.3 is 10.1 Å². The molecule has 2 rings (SSSR count). The minimum absolute atomic E-state index is 0.00116. The maximum atomic E-state index is 11.1. The van der Waals surface area contributed by atoms with Gasteiger partial charge in [-0.05, 0) is 26.3 Å². The van der Waals surface area contributed by atoms with Crippen molar-refractivity contribution >= 4 is 5.97 Å². The molecule has 3 nitrogen and oxygen atoms in total. The number of fused-ring (bicyclic) bond motifs is 1. The maximum absolute atomic E-state index is 11.1. The number of esters is 1. The lowest BCUT2D eigenvalue weighted by atomic mass is 9.89. The third kappa shape index (κ3) is 1.03. The molecule has 0 spiro atoms. The molecule has 1 N–H and O–H groups in total. The van der Waals surface area contributed by atoms with E-state index in [4.69, 9.17) is 4.74 Å². The summed E-state index contributed by atoms with van der Waals surface area (Å²) in [6.45, 7) is 2.94. The van der Waals surface area contributed by atoms with Gasteiger partial charge in [-0.2, -0.15) is 0 Å². The van der Waals surface area contributed by atoms with E-state index in [0.29, 0.717) is 5.92 Å². The summed E-state index contributed by atoms with van der Waals surface area (Å²) >= 11 is 0. The molecule has 0 amide bonds. The Hall–Kier alpha value is -0.570. The van der Waals surface area contributed by atoms with Crippen molar-refractivity contribution in [3.63, 3.8) is 0 Å². The lowest BCUT2D eigenvalue weighted by molar-refractivity contribution is -0.142. The van der Waals surface area contributed by atoms with Crippen LogP contribution in [0.25, 0.3) is 0 Å². The number of rotatable bonds is 0. The van der Waals surface area contributed by atoms with E-state index >= 15 is 0 Å². The first-order valence-corrected chi connectivity index (χ1v) is 4.23. The summed E-state index contributed by atoms with van der Waals surface area (Å²) in [5.74, 6) is 0.374. The van der Waals surface area contributed by atoms with Crippen LogP contribution in [-0.4, -0.2) is 24.7 Å². The van der Waals surface area contributed by atoms with E-state index in [1.54, 1.807) is 0 Å². The van der Waals surface area contributed by atoms with E-state index in [1.807, 2.05) is 6.92 Å². The summed E-state index contributed by atoms with van der Waals surface area (Å²) in [7, 11) is 0. The Kier molecular flexibility index (Phi) is 1.60. The zero-order chi connectivity index (χ0) is 7.84. The second kappa shape index (κ2) is 2.48. The number of hydrogen-bond donors (Lipinski definition) is 1. The van der Waals surface area contributed by atoms with Crippen LogP contribution in [-0.2, 0) is 9.53 Å². The molecule has 2 aliphatic rings. The van der Waals surface area contributed by atoms with Crippen molar-refractivity contribution in [2.75, 3.05) is 6.54 Å². The number of carbonyl (C=O) groups is 1. The van der Waals surface area contributed by atoms with Crippen molar-refractivity contribution in [3.05, 3.63) is 0 Å². The highest BCUT2D eigenvalue weighted by atomic mass is 16.6. The lowest BCUT2D eigenvalue weighted by Gasteiger charge is -2.24. The van der Waals surface area contributed by atoms with Gasteiger partial charge in [0.25, 0.3) is 0 Å². The summed E-state index contributed by atoms with van der Waals surface area (Å²) in [6.07, 6.45) is 2.42. The van der Waals surface area contributed by atoms with E-state index in [-0.39, 0.29) is 18.1 Å². The monoisotopic (exact) mass is 155 g/mol. The highest BCUT2D eigenvalue weighted by molar-refractivity contribution is 5.78. The van der Waals surface area contributed by atoms with E-state index in [0.717, 1.165) is 13.0 Å². The summed E-state index contributed by atoms with van der Waals surface area (Å²) < 4.78 is 5.11. The molecule has 0 radical (unpaired) electrons. The van der Waals surface area contributed by atoms with Crippen LogP contribution in [0.1, 0.15) is 19.8 Å². The molecule has 2 heterocycles. The Labute approximate surface area is 66.1 Å². The molecule has 2 aliphatic heterocycles. The maximum Gasteiger partial charge on any atom is 0.323 e. The fourth-order valence-electron chi connectivity index (χ4n) is 2.02. The van der Waals surface area contributed by atoms with Crippen molar-refractivity contribution in [3.8, 4) is 0 Å². The molecular formula is C8H13NO2. The van der Waals surface area contributed by atoms with Crippen LogP contribution in [0.15, 0.2) is 0 Å². The van der Waals surface area contributed by atoms with Crippen molar-refractivity contribution in [1.29, 1.82) is 0 Å². The summed E-state index contributed by atoms with van der Waals surface area (Å²) in [6, 6.07) is -0.00116. The normalized spacial score (nSPS) is 43.4. The quantitative estimate of drug-likeness (QED) is 0.511. The van der Waals surface area contributed by atoms with Gasteiger partial charge in [0.1, 0.15) is 12.1 Å². The van der Waals surface area contributed by atoms with Crippen LogP contribution in [0, 0.1) is 5.92 Å². The third-order valence-corrected chi connectivity index (χ3v) is 2.67. The largest absolute Gasteiger partial charge is 0.461 e. The molecule has 3 heteroatoms. The minimum atomic E-state index is -0.0535. The van der Waals surface area contributed by atoms with Crippen LogP contribution in [0.5, 0.6) is 0 Å². The Morgan fingerprint density at radius 1 is 1.64 bits per heavy atom. The average molecular weight is 155 g/mol. The zero-order valence-corrected chi connectivity index (χ0v) is 6.67. The van der Waals surface area contributed by atoms with Crippen molar-refractivity contribution < 1.29 is 9.53 Å². The summed E-state index contributed by atoms with van der Waals surface area (Å²) in [4.78, 5) is 11.1. The van der Waals surface area contributed by atoms with Crippen molar-refractivity contribution in [2.45, 2.75) is 31.9 Å². The van der Waals surface area contributed by atoms with Gasteiger partial charge in [-0.15, -0.1) is 0 Å². The predicted molar refractivity (Wildman–Crippen MR) is 40.1 cm³/mol. The minimum Gasteiger partial charge on any atom is -0.461 e. The van der Waals surface area contributed by atoms with Crippen LogP contribution in [0.3, 0.4) is 0 Å². The number of cyclic esters (lactones) is 1. The average Bonchev–Trinajstić information content (AvgIpc) is 2.30. The molecule has 1 unspecified atom stereocenters. The lowest BCUT2D eigenvalue weighted by Crippen LogP contribution is -2.43. The standard InChI is InChI=1S/C8H13NO2/c1-5-6-3-2-4-9-7(6)8(10)11-5/h5-7,9H,2-4H2,1H3/t5?,6-,7+/m0/s1. The van der Waals surface area contributed by atoms with Gasteiger partial charge in [0.05, 0.1) is 0 Å². The van der Waals surface area contributed by atoms with Crippen LogP contribution >= 0.6 is 0 Å². The summed E-state index contributed by atoms with van der Waals surface area (Å²) in [5.41, 5.74) is 0. The van der Waals surface area contributed by atoms with Gasteiger partial charge in [0.15, 0.2) is 0 Å². The number of hydrogen-bond acceptors (Lipinski definition) is 3. The van der Waals surface area contributed by atoms with Crippen molar-refractivity contribution in [1.82, 2.24) is 5.32 Å². The fraction of sp³-hybridized carbons (Fsp3) is 0.875. The van der Waals surface area contributed by atoms with Gasteiger partial charge in [0, 0.05) is 5.92 Å². The van der Waals surface area contributed by atoms with Crippen LogP contribution in [0.2, 0.25) is 0 Å². The molecular weight excluding hydrogens is 142 g/mol. The predicted octanol–water partition coefficient (Wildman–Crippen LogP) is 0.300. The highest BCUT2D eigenvalue weighted by Gasteiger charge is 2.43. The topological polar surface area (TPSA) is 38.3 Å². The van der Waals surface area contributed by atoms with Gasteiger partial charge in [-0.25, -0.2) is 0 Å². The zero-order valence-electron chi connectivity index (χ0n) is 6.67. The Morgan fingerprint density at radius 3 is 3.18 bits per heavy atom. The fourth-order valence-corrected chi connectivity index (χ4v) is 2.02. The SMILES string of the molecule is CC1OC(=O)[C@@H]2NCCC[C@@H]12. The van der Waals surface area contributed by atoms with Crippen molar-refractivity contribution in [2.24, 2.45) is 5.92 Å². The molecule has 0 saturated carbocycles. The first-order valence-electron chi connectivity index (χ1n) is 4.23. The molecule has 2 saturated heterocycles. The third-order valence-electron chi connectivity index (χ3n) is 2.67. The van der Waals surface area contributed by atoms with Crippen LogP contribution < -0.4 is 5.32 Å². The highest BCUT2D eigenvalue weighted by Crippen LogP contribution is 2.28. The molecule has 11 heavy (non-hydrogen) atoms. The second-order valence-corrected chi connectivity index (χ2v) is 3.38. The van der Waals surface area contributed by atoms with Crippen LogP contribution in [0.4, 0.5) is 0 Å². The second-order valence-electron chi connectivity index (χ2n) is 3.38. The number of piperidine rings is 1. The molecule has 0 aliphatic carbocycles. The van der Waals surface area contributed by atoms with Gasteiger partial charge in [0.2, 0.25) is 0 Å². The Bertz CT molecular complexity index is 181. The molecule has 3 atom stereocenters. The van der Waals surface area contributed by atoms with E-state index in [1.165, 1.54) is 6.42 Å². The van der Waals surface area contributed by atoms with Gasteiger partial charge in [-0.3, -0.25) is 4.79 Å². The summed E-state index contributed by atoms with van der Waals surface area (Å²) in [5, 5.41) is 3.19. The Balaban J connectivity index is 2.13. The smallest absolute Gasteiger partial charge is 0.323 e. The molecule has 0 aromatic rings.